The van der Waals surface area contributed by atoms with Gasteiger partial charge >= 0.3 is 6.03 Å². The molecule has 0 aliphatic rings. The molecule has 0 heterocycles. The van der Waals surface area contributed by atoms with E-state index in [2.05, 4.69) is 33.2 Å². The number of amides is 2. The van der Waals surface area contributed by atoms with Crippen molar-refractivity contribution in [3.8, 4) is 11.5 Å². The molecular formula is C16H17IN2O3. The zero-order valence-corrected chi connectivity index (χ0v) is 14.5. The van der Waals surface area contributed by atoms with Crippen LogP contribution in [0.1, 0.15) is 5.56 Å². The SMILES string of the molecule is COc1cc(CNC(=O)Nc2cccc(I)c2)cc(OC)c1. The Kier molecular flexibility index (Phi) is 5.88. The third-order valence-corrected chi connectivity index (χ3v) is 3.62. The summed E-state index contributed by atoms with van der Waals surface area (Å²) < 4.78 is 11.5. The number of urea groups is 1. The van der Waals surface area contributed by atoms with E-state index in [1.807, 2.05) is 36.4 Å². The van der Waals surface area contributed by atoms with Crippen molar-refractivity contribution in [3.05, 3.63) is 51.6 Å². The van der Waals surface area contributed by atoms with Crippen LogP contribution in [-0.4, -0.2) is 20.3 Å². The number of ether oxygens (including phenoxy) is 2. The average molecular weight is 412 g/mol. The summed E-state index contributed by atoms with van der Waals surface area (Å²) in [6.07, 6.45) is 0. The highest BCUT2D eigenvalue weighted by atomic mass is 127. The van der Waals surface area contributed by atoms with Crippen LogP contribution in [0.3, 0.4) is 0 Å². The molecular weight excluding hydrogens is 395 g/mol. The molecule has 0 spiro atoms. The molecule has 2 aromatic rings. The van der Waals surface area contributed by atoms with Gasteiger partial charge in [-0.05, 0) is 58.5 Å². The molecule has 0 atom stereocenters. The van der Waals surface area contributed by atoms with Crippen LogP contribution >= 0.6 is 22.6 Å². The molecule has 2 rings (SSSR count). The lowest BCUT2D eigenvalue weighted by Gasteiger charge is -2.10. The number of hydrogen-bond acceptors (Lipinski definition) is 3. The summed E-state index contributed by atoms with van der Waals surface area (Å²) in [6.45, 7) is 0.378. The first-order valence-electron chi connectivity index (χ1n) is 6.63. The predicted octanol–water partition coefficient (Wildman–Crippen LogP) is 3.63. The number of nitrogens with one attached hydrogen (secondary N) is 2. The van der Waals surface area contributed by atoms with Gasteiger partial charge in [0.2, 0.25) is 0 Å². The maximum Gasteiger partial charge on any atom is 0.319 e. The van der Waals surface area contributed by atoms with E-state index in [0.29, 0.717) is 18.0 Å². The lowest BCUT2D eigenvalue weighted by Crippen LogP contribution is -2.28. The highest BCUT2D eigenvalue weighted by molar-refractivity contribution is 14.1. The standard InChI is InChI=1S/C16H17IN2O3/c1-21-14-6-11(7-15(9-14)22-2)10-18-16(20)19-13-5-3-4-12(17)8-13/h3-9H,10H2,1-2H3,(H2,18,19,20). The van der Waals surface area contributed by atoms with Crippen molar-refractivity contribution in [1.29, 1.82) is 0 Å². The number of carbonyl (C=O) groups excluding carboxylic acids is 1. The molecule has 116 valence electrons. The molecule has 0 aliphatic carbocycles. The number of benzene rings is 2. The first-order chi connectivity index (χ1) is 10.6. The van der Waals surface area contributed by atoms with Crippen LogP contribution in [0.25, 0.3) is 0 Å². The molecule has 0 fully saturated rings. The first-order valence-corrected chi connectivity index (χ1v) is 7.71. The second-order valence-electron chi connectivity index (χ2n) is 4.54. The predicted molar refractivity (Wildman–Crippen MR) is 94.6 cm³/mol. The minimum Gasteiger partial charge on any atom is -0.497 e. The number of halogens is 1. The molecule has 2 N–H and O–H groups in total. The summed E-state index contributed by atoms with van der Waals surface area (Å²) in [4.78, 5) is 11.9. The van der Waals surface area contributed by atoms with Gasteiger partial charge in [0.15, 0.2) is 0 Å². The Morgan fingerprint density at radius 2 is 1.77 bits per heavy atom. The molecule has 0 aromatic heterocycles. The van der Waals surface area contributed by atoms with E-state index in [0.717, 1.165) is 14.8 Å². The van der Waals surface area contributed by atoms with Crippen molar-refractivity contribution < 1.29 is 14.3 Å². The van der Waals surface area contributed by atoms with Crippen LogP contribution in [0, 0.1) is 3.57 Å². The van der Waals surface area contributed by atoms with Crippen LogP contribution in [0.4, 0.5) is 10.5 Å². The Balaban J connectivity index is 1.96. The van der Waals surface area contributed by atoms with E-state index in [1.165, 1.54) is 0 Å². The molecule has 5 nitrogen and oxygen atoms in total. The van der Waals surface area contributed by atoms with E-state index in [-0.39, 0.29) is 6.03 Å². The quantitative estimate of drug-likeness (QED) is 0.738. The third kappa shape index (κ3) is 4.80. The fourth-order valence-electron chi connectivity index (χ4n) is 1.89. The van der Waals surface area contributed by atoms with E-state index >= 15 is 0 Å². The van der Waals surface area contributed by atoms with Crippen molar-refractivity contribution in [3.63, 3.8) is 0 Å². The second-order valence-corrected chi connectivity index (χ2v) is 5.78. The number of methoxy groups -OCH3 is 2. The summed E-state index contributed by atoms with van der Waals surface area (Å²) in [5.74, 6) is 1.38. The molecule has 0 bridgehead atoms. The number of carbonyl (C=O) groups is 1. The zero-order valence-electron chi connectivity index (χ0n) is 12.4. The summed E-state index contributed by atoms with van der Waals surface area (Å²) >= 11 is 2.20. The monoisotopic (exact) mass is 412 g/mol. The summed E-state index contributed by atoms with van der Waals surface area (Å²) in [5.41, 5.74) is 1.65. The van der Waals surface area contributed by atoms with Gasteiger partial charge in [-0.2, -0.15) is 0 Å². The van der Waals surface area contributed by atoms with Crippen LogP contribution in [-0.2, 0) is 6.54 Å². The molecule has 2 aromatic carbocycles. The van der Waals surface area contributed by atoms with Crippen molar-refractivity contribution in [2.75, 3.05) is 19.5 Å². The minimum atomic E-state index is -0.260. The minimum absolute atomic E-state index is 0.260. The van der Waals surface area contributed by atoms with Gasteiger partial charge in [0.05, 0.1) is 14.2 Å². The van der Waals surface area contributed by atoms with Gasteiger partial charge in [-0.25, -0.2) is 4.79 Å². The van der Waals surface area contributed by atoms with Gasteiger partial charge in [-0.3, -0.25) is 0 Å². The van der Waals surface area contributed by atoms with Crippen molar-refractivity contribution in [2.24, 2.45) is 0 Å². The zero-order chi connectivity index (χ0) is 15.9. The second kappa shape index (κ2) is 7.88. The van der Waals surface area contributed by atoms with E-state index in [4.69, 9.17) is 9.47 Å². The Labute approximate surface area is 143 Å². The largest absolute Gasteiger partial charge is 0.497 e. The lowest BCUT2D eigenvalue weighted by atomic mass is 10.2. The molecule has 22 heavy (non-hydrogen) atoms. The Bertz CT molecular complexity index is 639. The fourth-order valence-corrected chi connectivity index (χ4v) is 2.44. The molecule has 0 radical (unpaired) electrons. The van der Waals surface area contributed by atoms with Crippen LogP contribution in [0.15, 0.2) is 42.5 Å². The molecule has 6 heteroatoms. The van der Waals surface area contributed by atoms with E-state index in [1.54, 1.807) is 20.3 Å². The van der Waals surface area contributed by atoms with Gasteiger partial charge < -0.3 is 20.1 Å². The van der Waals surface area contributed by atoms with Gasteiger partial charge in [-0.15, -0.1) is 0 Å². The molecule has 0 saturated heterocycles. The molecule has 0 aliphatic heterocycles. The normalized spacial score (nSPS) is 9.95. The number of anilines is 1. The maximum atomic E-state index is 11.9. The van der Waals surface area contributed by atoms with Crippen molar-refractivity contribution in [2.45, 2.75) is 6.54 Å². The fraction of sp³-hybridized carbons (Fsp3) is 0.188. The summed E-state index contributed by atoms with van der Waals surface area (Å²) in [7, 11) is 3.19. The first kappa shape index (κ1) is 16.4. The summed E-state index contributed by atoms with van der Waals surface area (Å²) in [5, 5.41) is 5.60. The molecule has 0 unspecified atom stereocenters. The molecule has 2 amide bonds. The van der Waals surface area contributed by atoms with Gasteiger partial charge in [0, 0.05) is 21.9 Å². The Morgan fingerprint density at radius 1 is 1.09 bits per heavy atom. The van der Waals surface area contributed by atoms with Crippen molar-refractivity contribution in [1.82, 2.24) is 5.32 Å². The van der Waals surface area contributed by atoms with Crippen LogP contribution < -0.4 is 20.1 Å². The topological polar surface area (TPSA) is 59.6 Å². The average Bonchev–Trinajstić information content (AvgIpc) is 2.52. The van der Waals surface area contributed by atoms with Gasteiger partial charge in [0.25, 0.3) is 0 Å². The van der Waals surface area contributed by atoms with Gasteiger partial charge in [0.1, 0.15) is 11.5 Å². The maximum absolute atomic E-state index is 11.9. The smallest absolute Gasteiger partial charge is 0.319 e. The highest BCUT2D eigenvalue weighted by Crippen LogP contribution is 2.22. The van der Waals surface area contributed by atoms with E-state index < -0.39 is 0 Å². The van der Waals surface area contributed by atoms with Gasteiger partial charge in [-0.1, -0.05) is 6.07 Å². The highest BCUT2D eigenvalue weighted by Gasteiger charge is 2.05. The van der Waals surface area contributed by atoms with Crippen LogP contribution in [0.5, 0.6) is 11.5 Å². The third-order valence-electron chi connectivity index (χ3n) is 2.95. The molecule has 0 saturated carbocycles. The lowest BCUT2D eigenvalue weighted by molar-refractivity contribution is 0.251. The van der Waals surface area contributed by atoms with Crippen molar-refractivity contribution >= 4 is 34.3 Å². The Hall–Kier alpha value is -1.96. The Morgan fingerprint density at radius 3 is 2.36 bits per heavy atom. The summed E-state index contributed by atoms with van der Waals surface area (Å²) in [6, 6.07) is 12.8. The van der Waals surface area contributed by atoms with Crippen LogP contribution in [0.2, 0.25) is 0 Å². The number of rotatable bonds is 5. The van der Waals surface area contributed by atoms with E-state index in [9.17, 15) is 4.79 Å². The number of hydrogen-bond donors (Lipinski definition) is 2.